The van der Waals surface area contributed by atoms with Crippen molar-refractivity contribution in [1.82, 2.24) is 4.90 Å². The molecule has 1 atom stereocenters. The van der Waals surface area contributed by atoms with Gasteiger partial charge < -0.3 is 15.4 Å². The normalized spacial score (nSPS) is 17.2. The van der Waals surface area contributed by atoms with E-state index in [0.717, 1.165) is 50.2 Å². The summed E-state index contributed by atoms with van der Waals surface area (Å²) in [7, 11) is 1.65. The van der Waals surface area contributed by atoms with E-state index in [4.69, 9.17) is 10.5 Å². The van der Waals surface area contributed by atoms with Crippen LogP contribution in [0, 0.1) is 11.7 Å². The predicted octanol–water partition coefficient (Wildman–Crippen LogP) is 3.83. The molecule has 1 heterocycles. The van der Waals surface area contributed by atoms with Gasteiger partial charge in [0.15, 0.2) is 0 Å². The van der Waals surface area contributed by atoms with Crippen molar-refractivity contribution in [2.24, 2.45) is 11.7 Å². The number of nitrogens with two attached hydrogens (primary N) is 1. The van der Waals surface area contributed by atoms with Crippen LogP contribution in [0.4, 0.5) is 4.39 Å². The molecule has 3 nitrogen and oxygen atoms in total. The lowest BCUT2D eigenvalue weighted by Gasteiger charge is -2.34. The first-order valence-electron chi connectivity index (χ1n) is 9.49. The van der Waals surface area contributed by atoms with Gasteiger partial charge >= 0.3 is 0 Å². The Morgan fingerprint density at radius 1 is 1.15 bits per heavy atom. The topological polar surface area (TPSA) is 38.5 Å². The summed E-state index contributed by atoms with van der Waals surface area (Å²) in [6, 6.07) is 15.4. The highest BCUT2D eigenvalue weighted by molar-refractivity contribution is 5.37. The van der Waals surface area contributed by atoms with Gasteiger partial charge in [0.1, 0.15) is 11.6 Å². The van der Waals surface area contributed by atoms with Crippen LogP contribution in [0.1, 0.15) is 29.9 Å². The fraction of sp³-hybridized carbons (Fsp3) is 0.455. The Kier molecular flexibility index (Phi) is 6.64. The fourth-order valence-corrected chi connectivity index (χ4v) is 3.99. The van der Waals surface area contributed by atoms with Gasteiger partial charge in [-0.2, -0.15) is 0 Å². The molecule has 3 rings (SSSR count). The van der Waals surface area contributed by atoms with Crippen molar-refractivity contribution in [2.75, 3.05) is 33.3 Å². The zero-order chi connectivity index (χ0) is 18.4. The average Bonchev–Trinajstić information content (AvgIpc) is 2.69. The van der Waals surface area contributed by atoms with Gasteiger partial charge in [0.25, 0.3) is 0 Å². The molecule has 0 bridgehead atoms. The number of piperidine rings is 1. The Morgan fingerprint density at radius 2 is 1.88 bits per heavy atom. The molecule has 2 aromatic carbocycles. The first kappa shape index (κ1) is 18.9. The van der Waals surface area contributed by atoms with Gasteiger partial charge in [-0.3, -0.25) is 0 Å². The molecule has 1 aliphatic heterocycles. The van der Waals surface area contributed by atoms with Gasteiger partial charge in [-0.15, -0.1) is 0 Å². The van der Waals surface area contributed by atoms with Crippen LogP contribution in [0.5, 0.6) is 5.75 Å². The molecule has 0 aliphatic carbocycles. The Hall–Kier alpha value is -1.91. The monoisotopic (exact) mass is 356 g/mol. The summed E-state index contributed by atoms with van der Waals surface area (Å²) in [5.41, 5.74) is 8.38. The summed E-state index contributed by atoms with van der Waals surface area (Å²) in [6.45, 7) is 3.77. The quantitative estimate of drug-likeness (QED) is 0.819. The Labute approximate surface area is 156 Å². The first-order chi connectivity index (χ1) is 12.7. The number of ether oxygens (including phenoxy) is 1. The molecule has 0 saturated carbocycles. The third-order valence-electron chi connectivity index (χ3n) is 5.44. The number of halogens is 1. The smallest absolute Gasteiger partial charge is 0.123 e. The van der Waals surface area contributed by atoms with Crippen molar-refractivity contribution in [3.05, 3.63) is 65.5 Å². The van der Waals surface area contributed by atoms with Crippen LogP contribution < -0.4 is 10.5 Å². The lowest BCUT2D eigenvalue weighted by molar-refractivity contribution is 0.182. The lowest BCUT2D eigenvalue weighted by Crippen LogP contribution is -2.39. The Bertz CT molecular complexity index is 684. The minimum atomic E-state index is -0.186. The molecular weight excluding hydrogens is 327 g/mol. The molecule has 0 amide bonds. The van der Waals surface area contributed by atoms with E-state index in [1.165, 1.54) is 11.6 Å². The van der Waals surface area contributed by atoms with E-state index >= 15 is 0 Å². The molecular formula is C22H29FN2O. The van der Waals surface area contributed by atoms with E-state index in [1.54, 1.807) is 19.2 Å². The maximum absolute atomic E-state index is 13.7. The van der Waals surface area contributed by atoms with Gasteiger partial charge in [0.2, 0.25) is 0 Å². The van der Waals surface area contributed by atoms with Crippen LogP contribution in [0.3, 0.4) is 0 Å². The van der Waals surface area contributed by atoms with Crippen LogP contribution in [0.25, 0.3) is 0 Å². The zero-order valence-electron chi connectivity index (χ0n) is 15.5. The lowest BCUT2D eigenvalue weighted by atomic mass is 9.88. The number of methoxy groups -OCH3 is 1. The average molecular weight is 356 g/mol. The van der Waals surface area contributed by atoms with Gasteiger partial charge in [-0.05, 0) is 74.5 Å². The molecule has 4 heteroatoms. The van der Waals surface area contributed by atoms with Gasteiger partial charge in [-0.25, -0.2) is 4.39 Å². The summed E-state index contributed by atoms with van der Waals surface area (Å²) in [5.74, 6) is 1.45. The number of hydrogen-bond donors (Lipinski definition) is 1. The maximum atomic E-state index is 13.7. The summed E-state index contributed by atoms with van der Waals surface area (Å²) < 4.78 is 19.1. The van der Waals surface area contributed by atoms with Crippen molar-refractivity contribution in [3.8, 4) is 5.75 Å². The van der Waals surface area contributed by atoms with E-state index < -0.39 is 0 Å². The molecule has 1 fully saturated rings. The van der Waals surface area contributed by atoms with E-state index in [0.29, 0.717) is 18.4 Å². The maximum Gasteiger partial charge on any atom is 0.123 e. The Morgan fingerprint density at radius 3 is 2.54 bits per heavy atom. The highest BCUT2D eigenvalue weighted by Gasteiger charge is 2.25. The van der Waals surface area contributed by atoms with Crippen molar-refractivity contribution < 1.29 is 9.13 Å². The second kappa shape index (κ2) is 9.15. The Balaban J connectivity index is 1.55. The third-order valence-corrected chi connectivity index (χ3v) is 5.44. The van der Waals surface area contributed by atoms with Crippen LogP contribution in [0.2, 0.25) is 0 Å². The van der Waals surface area contributed by atoms with Crippen LogP contribution in [-0.4, -0.2) is 38.2 Å². The minimum absolute atomic E-state index is 0.186. The van der Waals surface area contributed by atoms with Crippen molar-refractivity contribution >= 4 is 0 Å². The molecule has 1 saturated heterocycles. The van der Waals surface area contributed by atoms with Crippen LogP contribution in [0.15, 0.2) is 48.5 Å². The fourth-order valence-electron chi connectivity index (χ4n) is 3.99. The summed E-state index contributed by atoms with van der Waals surface area (Å²) in [5, 5.41) is 0. The molecule has 0 radical (unpaired) electrons. The molecule has 1 aliphatic rings. The van der Waals surface area contributed by atoms with Crippen LogP contribution >= 0.6 is 0 Å². The van der Waals surface area contributed by atoms with Gasteiger partial charge in [-0.1, -0.05) is 30.3 Å². The molecule has 2 N–H and O–H groups in total. The number of benzene rings is 2. The highest BCUT2D eigenvalue weighted by atomic mass is 19.1. The zero-order valence-corrected chi connectivity index (χ0v) is 15.5. The number of hydrogen-bond acceptors (Lipinski definition) is 3. The summed E-state index contributed by atoms with van der Waals surface area (Å²) in [6.07, 6.45) is 3.08. The molecule has 0 unspecified atom stereocenters. The standard InChI is InChI=1S/C22H29FN2O/c1-26-22-8-7-20(23)14-21(22)19-9-11-25(12-10-19)16-18(15-24)13-17-5-3-2-4-6-17/h2-8,14,18-19H,9-13,15-16,24H2,1H3/t18-/m1/s1. The minimum Gasteiger partial charge on any atom is -0.496 e. The molecule has 2 aromatic rings. The molecule has 140 valence electrons. The highest BCUT2D eigenvalue weighted by Crippen LogP contribution is 2.34. The molecule has 0 aromatic heterocycles. The number of rotatable bonds is 7. The predicted molar refractivity (Wildman–Crippen MR) is 104 cm³/mol. The summed E-state index contributed by atoms with van der Waals surface area (Å²) >= 11 is 0. The largest absolute Gasteiger partial charge is 0.496 e. The van der Waals surface area contributed by atoms with E-state index in [9.17, 15) is 4.39 Å². The van der Waals surface area contributed by atoms with Crippen molar-refractivity contribution in [1.29, 1.82) is 0 Å². The number of nitrogens with zero attached hydrogens (tertiary/aromatic N) is 1. The summed E-state index contributed by atoms with van der Waals surface area (Å²) in [4.78, 5) is 2.50. The number of likely N-dealkylation sites (tertiary alicyclic amines) is 1. The van der Waals surface area contributed by atoms with E-state index in [2.05, 4.69) is 29.2 Å². The van der Waals surface area contributed by atoms with E-state index in [-0.39, 0.29) is 5.82 Å². The molecule has 26 heavy (non-hydrogen) atoms. The molecule has 0 spiro atoms. The van der Waals surface area contributed by atoms with Crippen LogP contribution in [-0.2, 0) is 6.42 Å². The SMILES string of the molecule is COc1ccc(F)cc1C1CCN(C[C@@H](CN)Cc2ccccc2)CC1. The van der Waals surface area contributed by atoms with E-state index in [1.807, 2.05) is 6.07 Å². The van der Waals surface area contributed by atoms with Gasteiger partial charge in [0.05, 0.1) is 7.11 Å². The third kappa shape index (κ3) is 4.83. The second-order valence-electron chi connectivity index (χ2n) is 7.25. The first-order valence-corrected chi connectivity index (χ1v) is 9.49. The van der Waals surface area contributed by atoms with Gasteiger partial charge in [0, 0.05) is 12.1 Å². The van der Waals surface area contributed by atoms with Crippen molar-refractivity contribution in [2.45, 2.75) is 25.2 Å². The van der Waals surface area contributed by atoms with Crippen molar-refractivity contribution in [3.63, 3.8) is 0 Å². The second-order valence-corrected chi connectivity index (χ2v) is 7.25.